The normalized spacial score (nSPS) is 10.0. The van der Waals surface area contributed by atoms with Gasteiger partial charge < -0.3 is 10.6 Å². The van der Waals surface area contributed by atoms with Gasteiger partial charge in [-0.2, -0.15) is 0 Å². The predicted molar refractivity (Wildman–Crippen MR) is 38.1 cm³/mol. The van der Waals surface area contributed by atoms with Gasteiger partial charge in [0.05, 0.1) is 0 Å². The molecular formula is C5H10N4O2. The van der Waals surface area contributed by atoms with Gasteiger partial charge in [0.15, 0.2) is 0 Å². The van der Waals surface area contributed by atoms with E-state index < -0.39 is 12.1 Å². The van der Waals surface area contributed by atoms with E-state index in [2.05, 4.69) is 16.0 Å². The summed E-state index contributed by atoms with van der Waals surface area (Å²) in [7, 11) is 1.54. The summed E-state index contributed by atoms with van der Waals surface area (Å²) in [5, 5.41) is 5.90. The Kier molecular flexibility index (Phi) is 3.79. The highest BCUT2D eigenvalue weighted by Crippen LogP contribution is 1.88. The first kappa shape index (κ1) is 9.54. The van der Waals surface area contributed by atoms with Crippen LogP contribution >= 0.6 is 0 Å². The Morgan fingerprint density at radius 2 is 2.00 bits per heavy atom. The van der Waals surface area contributed by atoms with Gasteiger partial charge in [-0.3, -0.25) is 0 Å². The molecule has 0 aromatic rings. The van der Waals surface area contributed by atoms with E-state index in [0.29, 0.717) is 6.54 Å². The van der Waals surface area contributed by atoms with Crippen LogP contribution in [0.5, 0.6) is 0 Å². The van der Waals surface area contributed by atoms with Crippen LogP contribution in [0, 0.1) is 0 Å². The minimum absolute atomic E-state index is 0.511. The summed E-state index contributed by atoms with van der Waals surface area (Å²) in [4.78, 5) is 22.0. The number of hydrogen-bond donors (Lipinski definition) is 1. The molecule has 0 aromatic carbocycles. The van der Waals surface area contributed by atoms with Crippen LogP contribution in [0.3, 0.4) is 0 Å². The number of hydrogen-bond acceptors (Lipinski definition) is 2. The second-order valence-corrected chi connectivity index (χ2v) is 1.83. The molecule has 0 saturated carbocycles. The highest BCUT2D eigenvalue weighted by molar-refractivity contribution is 5.78. The third-order valence-corrected chi connectivity index (χ3v) is 1.03. The summed E-state index contributed by atoms with van der Waals surface area (Å²) >= 11 is 0. The first-order chi connectivity index (χ1) is 5.07. The molecule has 6 heteroatoms. The molecule has 0 saturated heterocycles. The molecule has 11 heavy (non-hydrogen) atoms. The third-order valence-electron chi connectivity index (χ3n) is 1.03. The van der Waals surface area contributed by atoms with Gasteiger partial charge in [-0.05, 0) is 6.92 Å². The Balaban J connectivity index is 3.96. The highest BCUT2D eigenvalue weighted by Gasteiger charge is 2.03. The van der Waals surface area contributed by atoms with Crippen LogP contribution in [0.2, 0.25) is 0 Å². The van der Waals surface area contributed by atoms with Gasteiger partial charge in [-0.15, -0.1) is 0 Å². The molecule has 0 bridgehead atoms. The lowest BCUT2D eigenvalue weighted by Crippen LogP contribution is -2.22. The number of nitrogens with two attached hydrogens (primary N) is 1. The number of nitrogens with zero attached hydrogens (tertiary/aromatic N) is 3. The average molecular weight is 158 g/mol. The molecule has 4 amide bonds. The maximum Gasteiger partial charge on any atom is 0.362 e. The van der Waals surface area contributed by atoms with E-state index >= 15 is 0 Å². The lowest BCUT2D eigenvalue weighted by atomic mass is 10.6. The summed E-state index contributed by atoms with van der Waals surface area (Å²) in [6.45, 7) is 2.29. The minimum atomic E-state index is -0.970. The zero-order valence-corrected chi connectivity index (χ0v) is 6.44. The average Bonchev–Trinajstić information content (AvgIpc) is 1.98. The Bertz CT molecular complexity index is 189. The van der Waals surface area contributed by atoms with E-state index in [0.717, 1.165) is 0 Å². The van der Waals surface area contributed by atoms with E-state index in [1.54, 1.807) is 14.0 Å². The lowest BCUT2D eigenvalue weighted by Gasteiger charge is -2.07. The molecule has 0 atom stereocenters. The predicted octanol–water partition coefficient (Wildman–Crippen LogP) is 0.589. The molecule has 0 aliphatic carbocycles. The fourth-order valence-corrected chi connectivity index (χ4v) is 0.304. The van der Waals surface area contributed by atoms with Gasteiger partial charge in [0, 0.05) is 13.6 Å². The largest absolute Gasteiger partial charge is 0.362 e. The van der Waals surface area contributed by atoms with Crippen LogP contribution in [-0.2, 0) is 0 Å². The van der Waals surface area contributed by atoms with E-state index in [1.807, 2.05) is 0 Å². The molecule has 0 heterocycles. The maximum atomic E-state index is 10.7. The first-order valence-corrected chi connectivity index (χ1v) is 3.04. The van der Waals surface area contributed by atoms with Crippen molar-refractivity contribution in [3.8, 4) is 0 Å². The summed E-state index contributed by atoms with van der Waals surface area (Å²) in [5.74, 6) is 0. The Morgan fingerprint density at radius 1 is 1.45 bits per heavy atom. The summed E-state index contributed by atoms with van der Waals surface area (Å²) in [6, 6.07) is -1.55. The number of amides is 4. The number of carbonyl (C=O) groups excluding carboxylic acids is 2. The van der Waals surface area contributed by atoms with Crippen molar-refractivity contribution in [2.24, 2.45) is 16.0 Å². The van der Waals surface area contributed by atoms with Crippen LogP contribution in [0.15, 0.2) is 10.2 Å². The van der Waals surface area contributed by atoms with Crippen LogP contribution in [-0.4, -0.2) is 30.6 Å². The fraction of sp³-hybridized carbons (Fsp3) is 0.600. The van der Waals surface area contributed by atoms with E-state index in [-0.39, 0.29) is 0 Å². The van der Waals surface area contributed by atoms with Gasteiger partial charge >= 0.3 is 12.1 Å². The van der Waals surface area contributed by atoms with Crippen LogP contribution in [0.1, 0.15) is 6.92 Å². The van der Waals surface area contributed by atoms with Gasteiger partial charge in [0.1, 0.15) is 0 Å². The molecular weight excluding hydrogens is 148 g/mol. The number of urea groups is 2. The molecule has 0 unspecified atom stereocenters. The third kappa shape index (κ3) is 4.01. The molecule has 0 radical (unpaired) electrons. The maximum absolute atomic E-state index is 10.7. The first-order valence-electron chi connectivity index (χ1n) is 3.04. The summed E-state index contributed by atoms with van der Waals surface area (Å²) in [5.41, 5.74) is 4.61. The lowest BCUT2D eigenvalue weighted by molar-refractivity contribution is 0.218. The van der Waals surface area contributed by atoms with Gasteiger partial charge in [-0.25, -0.2) is 9.59 Å². The molecule has 6 nitrogen and oxygen atoms in total. The van der Waals surface area contributed by atoms with E-state index in [4.69, 9.17) is 0 Å². The van der Waals surface area contributed by atoms with Crippen molar-refractivity contribution >= 4 is 12.1 Å². The smallest absolute Gasteiger partial charge is 0.348 e. The number of rotatable bonds is 1. The van der Waals surface area contributed by atoms with Crippen molar-refractivity contribution in [1.82, 2.24) is 4.90 Å². The van der Waals surface area contributed by atoms with E-state index in [9.17, 15) is 9.59 Å². The molecule has 0 aliphatic heterocycles. The van der Waals surface area contributed by atoms with Crippen molar-refractivity contribution in [3.05, 3.63) is 0 Å². The summed E-state index contributed by atoms with van der Waals surface area (Å²) in [6.07, 6.45) is 0. The van der Waals surface area contributed by atoms with E-state index in [1.165, 1.54) is 4.90 Å². The Morgan fingerprint density at radius 3 is 2.36 bits per heavy atom. The molecule has 0 spiro atoms. The van der Waals surface area contributed by atoms with Crippen LogP contribution in [0.25, 0.3) is 0 Å². The molecule has 62 valence electrons. The topological polar surface area (TPSA) is 88.1 Å². The highest BCUT2D eigenvalue weighted by atomic mass is 16.2. The second kappa shape index (κ2) is 4.37. The van der Waals surface area contributed by atoms with Crippen LogP contribution in [0.4, 0.5) is 9.59 Å². The Hall–Kier alpha value is -1.46. The SMILES string of the molecule is CCN(C)C(=O)N=NC(N)=O. The minimum Gasteiger partial charge on any atom is -0.348 e. The van der Waals surface area contributed by atoms with Gasteiger partial charge in [0.25, 0.3) is 0 Å². The van der Waals surface area contributed by atoms with Gasteiger partial charge in [-0.1, -0.05) is 10.2 Å². The molecule has 0 fully saturated rings. The molecule has 0 aliphatic rings. The van der Waals surface area contributed by atoms with Crippen molar-refractivity contribution in [3.63, 3.8) is 0 Å². The number of primary amides is 1. The number of carbonyl (C=O) groups is 2. The van der Waals surface area contributed by atoms with Crippen molar-refractivity contribution in [2.45, 2.75) is 6.92 Å². The standard InChI is InChI=1S/C5H10N4O2/c1-3-9(2)5(11)8-7-4(6)10/h3H2,1-2H3,(H2,6,10). The van der Waals surface area contributed by atoms with Crippen molar-refractivity contribution in [1.29, 1.82) is 0 Å². The zero-order chi connectivity index (χ0) is 8.85. The molecule has 2 N–H and O–H groups in total. The quantitative estimate of drug-likeness (QED) is 0.566. The molecule has 0 aromatic heterocycles. The van der Waals surface area contributed by atoms with Crippen LogP contribution < -0.4 is 5.73 Å². The number of azo groups is 1. The monoisotopic (exact) mass is 158 g/mol. The fourth-order valence-electron chi connectivity index (χ4n) is 0.304. The Labute approximate surface area is 64.1 Å². The zero-order valence-electron chi connectivity index (χ0n) is 6.44. The molecule has 0 rings (SSSR count). The summed E-state index contributed by atoms with van der Waals surface area (Å²) < 4.78 is 0. The second-order valence-electron chi connectivity index (χ2n) is 1.83. The van der Waals surface area contributed by atoms with Crippen molar-refractivity contribution in [2.75, 3.05) is 13.6 Å². The van der Waals surface area contributed by atoms with Gasteiger partial charge in [0.2, 0.25) is 0 Å². The van der Waals surface area contributed by atoms with Crippen molar-refractivity contribution < 1.29 is 9.59 Å².